The van der Waals surface area contributed by atoms with Crippen molar-refractivity contribution >= 4 is 22.5 Å². The molecule has 20 heavy (non-hydrogen) atoms. The van der Waals surface area contributed by atoms with Gasteiger partial charge >= 0.3 is 0 Å². The monoisotopic (exact) mass is 265 g/mol. The van der Waals surface area contributed by atoms with Crippen LogP contribution in [0.2, 0.25) is 0 Å². The highest BCUT2D eigenvalue weighted by Crippen LogP contribution is 2.08. The van der Waals surface area contributed by atoms with Gasteiger partial charge in [0.1, 0.15) is 0 Å². The number of hydrogen-bond donors (Lipinski definition) is 2. The van der Waals surface area contributed by atoms with Gasteiger partial charge in [-0.05, 0) is 24.3 Å². The minimum atomic E-state index is -0.445. The van der Waals surface area contributed by atoms with Gasteiger partial charge in [0, 0.05) is 5.69 Å². The average molecular weight is 265 g/mol. The van der Waals surface area contributed by atoms with Gasteiger partial charge in [-0.2, -0.15) is 0 Å². The summed E-state index contributed by atoms with van der Waals surface area (Å²) < 4.78 is 0. The molecule has 0 atom stereocenters. The maximum absolute atomic E-state index is 12.1. The first-order valence-electron chi connectivity index (χ1n) is 6.09. The van der Waals surface area contributed by atoms with Gasteiger partial charge in [-0.1, -0.05) is 30.3 Å². The molecule has 0 saturated heterocycles. The van der Waals surface area contributed by atoms with Gasteiger partial charge in [-0.25, -0.2) is 4.98 Å². The van der Waals surface area contributed by atoms with Crippen LogP contribution < -0.4 is 10.9 Å². The number of amides is 1. The van der Waals surface area contributed by atoms with E-state index < -0.39 is 5.91 Å². The van der Waals surface area contributed by atoms with Gasteiger partial charge in [0.25, 0.3) is 11.5 Å². The lowest BCUT2D eigenvalue weighted by Crippen LogP contribution is -2.21. The number of fused-ring (bicyclic) bond motifs is 1. The molecule has 0 aliphatic heterocycles. The van der Waals surface area contributed by atoms with Crippen LogP contribution in [0, 0.1) is 0 Å². The summed E-state index contributed by atoms with van der Waals surface area (Å²) in [6.07, 6.45) is 0. The minimum Gasteiger partial charge on any atom is -0.319 e. The molecule has 0 aliphatic rings. The average Bonchev–Trinajstić information content (AvgIpc) is 2.48. The molecule has 0 saturated carbocycles. The lowest BCUT2D eigenvalue weighted by Gasteiger charge is -2.05. The number of hydrogen-bond acceptors (Lipinski definition) is 3. The quantitative estimate of drug-likeness (QED) is 0.745. The Bertz CT molecular complexity index is 825. The minimum absolute atomic E-state index is 0.00227. The number of carbonyl (C=O) groups excluding carboxylic acids is 1. The number of nitrogens with one attached hydrogen (secondary N) is 2. The van der Waals surface area contributed by atoms with Crippen molar-refractivity contribution in [2.45, 2.75) is 0 Å². The molecule has 2 aromatic carbocycles. The van der Waals surface area contributed by atoms with E-state index in [4.69, 9.17) is 0 Å². The van der Waals surface area contributed by atoms with Crippen LogP contribution in [0.25, 0.3) is 10.9 Å². The number of nitrogens with zero attached hydrogens (tertiary/aromatic N) is 1. The smallest absolute Gasteiger partial charge is 0.291 e. The van der Waals surface area contributed by atoms with Crippen LogP contribution in [0.3, 0.4) is 0 Å². The van der Waals surface area contributed by atoms with E-state index in [2.05, 4.69) is 15.3 Å². The molecule has 5 nitrogen and oxygen atoms in total. The summed E-state index contributed by atoms with van der Waals surface area (Å²) in [5.74, 6) is -0.448. The van der Waals surface area contributed by atoms with Gasteiger partial charge in [0.15, 0.2) is 5.82 Å². The maximum Gasteiger partial charge on any atom is 0.291 e. The molecule has 5 heteroatoms. The number of anilines is 1. The van der Waals surface area contributed by atoms with Crippen molar-refractivity contribution in [3.8, 4) is 0 Å². The highest BCUT2D eigenvalue weighted by atomic mass is 16.2. The number of aromatic nitrogens is 2. The molecule has 0 spiro atoms. The summed E-state index contributed by atoms with van der Waals surface area (Å²) in [5, 5.41) is 3.14. The number of aromatic amines is 1. The summed E-state index contributed by atoms with van der Waals surface area (Å²) in [5.41, 5.74) is 0.816. The number of carbonyl (C=O) groups is 1. The molecule has 0 fully saturated rings. The van der Waals surface area contributed by atoms with Crippen molar-refractivity contribution in [2.75, 3.05) is 5.32 Å². The van der Waals surface area contributed by atoms with E-state index in [9.17, 15) is 9.59 Å². The van der Waals surface area contributed by atoms with E-state index in [1.807, 2.05) is 18.2 Å². The van der Waals surface area contributed by atoms with Gasteiger partial charge < -0.3 is 10.3 Å². The van der Waals surface area contributed by atoms with Crippen LogP contribution in [0.1, 0.15) is 10.6 Å². The molecule has 0 aliphatic carbocycles. The molecule has 0 unspecified atom stereocenters. The van der Waals surface area contributed by atoms with Crippen LogP contribution in [0.5, 0.6) is 0 Å². The van der Waals surface area contributed by atoms with Crippen molar-refractivity contribution in [2.24, 2.45) is 0 Å². The summed E-state index contributed by atoms with van der Waals surface area (Å²) >= 11 is 0. The third-order valence-corrected chi connectivity index (χ3v) is 2.86. The zero-order valence-corrected chi connectivity index (χ0v) is 10.5. The van der Waals surface area contributed by atoms with Crippen molar-refractivity contribution < 1.29 is 4.79 Å². The third-order valence-electron chi connectivity index (χ3n) is 2.86. The van der Waals surface area contributed by atoms with Crippen molar-refractivity contribution in [1.29, 1.82) is 0 Å². The summed E-state index contributed by atoms with van der Waals surface area (Å²) in [4.78, 5) is 30.6. The Hall–Kier alpha value is -2.95. The molecule has 0 radical (unpaired) electrons. The summed E-state index contributed by atoms with van der Waals surface area (Å²) in [6, 6.07) is 15.9. The number of rotatable bonds is 2. The van der Waals surface area contributed by atoms with Crippen molar-refractivity contribution in [1.82, 2.24) is 9.97 Å². The van der Waals surface area contributed by atoms with Crippen molar-refractivity contribution in [3.05, 3.63) is 70.8 Å². The second-order valence-electron chi connectivity index (χ2n) is 4.25. The van der Waals surface area contributed by atoms with Gasteiger partial charge in [-0.3, -0.25) is 9.59 Å². The SMILES string of the molecule is O=C(Nc1ccccc1)c1nc2ccccc2c(=O)[nH]1. The molecule has 1 heterocycles. The van der Waals surface area contributed by atoms with Crippen LogP contribution in [-0.4, -0.2) is 15.9 Å². The highest BCUT2D eigenvalue weighted by Gasteiger charge is 2.11. The standard InChI is InChI=1S/C15H11N3O2/c19-14-11-8-4-5-9-12(11)17-13(18-14)15(20)16-10-6-2-1-3-7-10/h1-9H,(H,16,20)(H,17,18,19). The largest absolute Gasteiger partial charge is 0.319 e. The topological polar surface area (TPSA) is 74.8 Å². The van der Waals surface area contributed by atoms with E-state index in [0.29, 0.717) is 16.6 Å². The second-order valence-corrected chi connectivity index (χ2v) is 4.25. The molecule has 98 valence electrons. The first-order chi connectivity index (χ1) is 9.74. The lowest BCUT2D eigenvalue weighted by molar-refractivity contribution is 0.101. The highest BCUT2D eigenvalue weighted by molar-refractivity contribution is 6.02. The Kier molecular flexibility index (Phi) is 3.01. The molecule has 3 rings (SSSR count). The number of H-pyrrole nitrogens is 1. The molecular formula is C15H11N3O2. The van der Waals surface area contributed by atoms with Gasteiger partial charge in [0.05, 0.1) is 10.9 Å². The normalized spacial score (nSPS) is 10.4. The molecule has 3 aromatic rings. The molecular weight excluding hydrogens is 254 g/mol. The fourth-order valence-electron chi connectivity index (χ4n) is 1.91. The maximum atomic E-state index is 12.1. The van der Waals surface area contributed by atoms with E-state index in [1.54, 1.807) is 36.4 Å². The van der Waals surface area contributed by atoms with Crippen LogP contribution in [0.15, 0.2) is 59.4 Å². The van der Waals surface area contributed by atoms with E-state index in [-0.39, 0.29) is 11.4 Å². The lowest BCUT2D eigenvalue weighted by atomic mass is 10.2. The zero-order valence-electron chi connectivity index (χ0n) is 10.5. The van der Waals surface area contributed by atoms with Gasteiger partial charge in [0.2, 0.25) is 0 Å². The number of para-hydroxylation sites is 2. The molecule has 2 N–H and O–H groups in total. The third kappa shape index (κ3) is 2.29. The van der Waals surface area contributed by atoms with Crippen LogP contribution >= 0.6 is 0 Å². The Labute approximate surface area is 114 Å². The first-order valence-corrected chi connectivity index (χ1v) is 6.09. The Morgan fingerprint density at radius 1 is 1.00 bits per heavy atom. The summed E-state index contributed by atoms with van der Waals surface area (Å²) in [6.45, 7) is 0. The van der Waals surface area contributed by atoms with Gasteiger partial charge in [-0.15, -0.1) is 0 Å². The summed E-state index contributed by atoms with van der Waals surface area (Å²) in [7, 11) is 0. The van der Waals surface area contributed by atoms with Crippen LogP contribution in [0.4, 0.5) is 5.69 Å². The predicted molar refractivity (Wildman–Crippen MR) is 76.8 cm³/mol. The molecule has 1 aromatic heterocycles. The van der Waals surface area contributed by atoms with Crippen LogP contribution in [-0.2, 0) is 0 Å². The predicted octanol–water partition coefficient (Wildman–Crippen LogP) is 2.18. The second kappa shape index (κ2) is 4.97. The number of benzene rings is 2. The first kappa shape index (κ1) is 12.1. The van der Waals surface area contributed by atoms with E-state index in [1.165, 1.54) is 0 Å². The van der Waals surface area contributed by atoms with Crippen molar-refractivity contribution in [3.63, 3.8) is 0 Å². The molecule has 1 amide bonds. The Morgan fingerprint density at radius 2 is 1.70 bits per heavy atom. The van der Waals surface area contributed by atoms with E-state index >= 15 is 0 Å². The fraction of sp³-hybridized carbons (Fsp3) is 0. The van der Waals surface area contributed by atoms with E-state index in [0.717, 1.165) is 0 Å². The Morgan fingerprint density at radius 3 is 2.50 bits per heavy atom. The zero-order chi connectivity index (χ0) is 13.9. The fourth-order valence-corrected chi connectivity index (χ4v) is 1.91. The Balaban J connectivity index is 1.98. The molecule has 0 bridgehead atoms.